The van der Waals surface area contributed by atoms with Crippen molar-refractivity contribution < 1.29 is 4.92 Å². The Labute approximate surface area is 116 Å². The lowest BCUT2D eigenvalue weighted by atomic mass is 10.0. The Balaban J connectivity index is 3.06. The van der Waals surface area contributed by atoms with Crippen LogP contribution in [0.3, 0.4) is 0 Å². The Bertz CT molecular complexity index is 438. The summed E-state index contributed by atoms with van der Waals surface area (Å²) in [5.41, 5.74) is 0.642. The van der Waals surface area contributed by atoms with Crippen molar-refractivity contribution in [1.29, 1.82) is 0 Å². The first kappa shape index (κ1) is 15.2. The zero-order valence-electron chi connectivity index (χ0n) is 10.4. The number of nitrogens with one attached hydrogen (secondary N) is 1. The van der Waals surface area contributed by atoms with Gasteiger partial charge in [0, 0.05) is 17.7 Å². The fourth-order valence-corrected chi connectivity index (χ4v) is 2.17. The summed E-state index contributed by atoms with van der Waals surface area (Å²) in [5.74, 6) is 0. The van der Waals surface area contributed by atoms with Crippen LogP contribution in [0.4, 0.5) is 5.69 Å². The van der Waals surface area contributed by atoms with Gasteiger partial charge < -0.3 is 5.32 Å². The molecule has 1 N–H and O–H groups in total. The third kappa shape index (κ3) is 3.83. The second-order valence-corrected chi connectivity index (χ2v) is 4.83. The molecule has 0 saturated heterocycles. The summed E-state index contributed by atoms with van der Waals surface area (Å²) in [5, 5.41) is 14.8. The summed E-state index contributed by atoms with van der Waals surface area (Å²) < 4.78 is 0. The van der Waals surface area contributed by atoms with Crippen LogP contribution < -0.4 is 5.32 Å². The van der Waals surface area contributed by atoms with Gasteiger partial charge >= 0.3 is 0 Å². The SMILES string of the molecule is CCNC(CC)Cc1cc(Cl)c(Cl)cc1[N+](=O)[O-]. The van der Waals surface area contributed by atoms with Gasteiger partial charge in [-0.05, 0) is 25.5 Å². The van der Waals surface area contributed by atoms with Crippen molar-refractivity contribution >= 4 is 28.9 Å². The summed E-state index contributed by atoms with van der Waals surface area (Å²) in [7, 11) is 0. The normalized spacial score (nSPS) is 12.4. The summed E-state index contributed by atoms with van der Waals surface area (Å²) in [4.78, 5) is 10.6. The maximum absolute atomic E-state index is 11.0. The van der Waals surface area contributed by atoms with E-state index in [2.05, 4.69) is 5.32 Å². The molecule has 6 heteroatoms. The summed E-state index contributed by atoms with van der Waals surface area (Å²) >= 11 is 11.7. The number of nitro groups is 1. The second kappa shape index (κ2) is 6.92. The minimum Gasteiger partial charge on any atom is -0.314 e. The highest BCUT2D eigenvalue weighted by molar-refractivity contribution is 6.42. The number of nitro benzene ring substituents is 1. The van der Waals surface area contributed by atoms with Crippen molar-refractivity contribution in [3.05, 3.63) is 37.9 Å². The highest BCUT2D eigenvalue weighted by Gasteiger charge is 2.19. The van der Waals surface area contributed by atoms with E-state index < -0.39 is 4.92 Å². The summed E-state index contributed by atoms with van der Waals surface area (Å²) in [6, 6.07) is 3.10. The van der Waals surface area contributed by atoms with Crippen molar-refractivity contribution in [3.63, 3.8) is 0 Å². The Morgan fingerprint density at radius 2 is 1.94 bits per heavy atom. The molecule has 1 aromatic carbocycles. The number of likely N-dealkylation sites (N-methyl/N-ethyl adjacent to an activating group) is 1. The third-order valence-electron chi connectivity index (χ3n) is 2.77. The monoisotopic (exact) mass is 290 g/mol. The smallest absolute Gasteiger partial charge is 0.274 e. The molecule has 0 saturated carbocycles. The van der Waals surface area contributed by atoms with Gasteiger partial charge in [0.25, 0.3) is 5.69 Å². The van der Waals surface area contributed by atoms with E-state index in [1.807, 2.05) is 13.8 Å². The number of nitrogens with zero attached hydrogens (tertiary/aromatic N) is 1. The summed E-state index contributed by atoms with van der Waals surface area (Å²) in [6.07, 6.45) is 1.46. The molecule has 1 unspecified atom stereocenters. The molecule has 0 radical (unpaired) electrons. The molecule has 1 atom stereocenters. The van der Waals surface area contributed by atoms with Gasteiger partial charge in [-0.3, -0.25) is 10.1 Å². The number of benzene rings is 1. The van der Waals surface area contributed by atoms with Crippen LogP contribution in [-0.4, -0.2) is 17.5 Å². The van der Waals surface area contributed by atoms with Crippen LogP contribution in [0.15, 0.2) is 12.1 Å². The molecule has 0 bridgehead atoms. The van der Waals surface area contributed by atoms with E-state index in [-0.39, 0.29) is 16.8 Å². The van der Waals surface area contributed by atoms with E-state index in [4.69, 9.17) is 23.2 Å². The Hall–Kier alpha value is -0.840. The third-order valence-corrected chi connectivity index (χ3v) is 3.49. The maximum atomic E-state index is 11.0. The van der Waals surface area contributed by atoms with Crippen molar-refractivity contribution in [2.45, 2.75) is 32.7 Å². The molecule has 0 aliphatic heterocycles. The van der Waals surface area contributed by atoms with Crippen molar-refractivity contribution in [3.8, 4) is 0 Å². The van der Waals surface area contributed by atoms with Gasteiger partial charge in [0.2, 0.25) is 0 Å². The van der Waals surface area contributed by atoms with Gasteiger partial charge in [0.05, 0.1) is 15.0 Å². The van der Waals surface area contributed by atoms with Gasteiger partial charge in [-0.2, -0.15) is 0 Å². The first-order chi connectivity index (χ1) is 8.49. The lowest BCUT2D eigenvalue weighted by molar-refractivity contribution is -0.385. The maximum Gasteiger partial charge on any atom is 0.274 e. The van der Waals surface area contributed by atoms with E-state index >= 15 is 0 Å². The van der Waals surface area contributed by atoms with Crippen LogP contribution >= 0.6 is 23.2 Å². The molecule has 0 aliphatic rings. The predicted octanol–water partition coefficient (Wildman–Crippen LogP) is 3.83. The zero-order chi connectivity index (χ0) is 13.7. The molecule has 100 valence electrons. The van der Waals surface area contributed by atoms with Crippen LogP contribution in [0, 0.1) is 10.1 Å². The molecular formula is C12H16Cl2N2O2. The highest BCUT2D eigenvalue weighted by Crippen LogP contribution is 2.31. The second-order valence-electron chi connectivity index (χ2n) is 4.02. The summed E-state index contributed by atoms with van der Waals surface area (Å²) in [6.45, 7) is 4.87. The molecule has 0 amide bonds. The first-order valence-electron chi connectivity index (χ1n) is 5.85. The molecule has 0 heterocycles. The Morgan fingerprint density at radius 3 is 2.44 bits per heavy atom. The molecule has 0 aliphatic carbocycles. The predicted molar refractivity (Wildman–Crippen MR) is 74.6 cm³/mol. The van der Waals surface area contributed by atoms with Gasteiger partial charge in [0.1, 0.15) is 0 Å². The number of hydrogen-bond acceptors (Lipinski definition) is 3. The highest BCUT2D eigenvalue weighted by atomic mass is 35.5. The lowest BCUT2D eigenvalue weighted by Crippen LogP contribution is -2.30. The van der Waals surface area contributed by atoms with Crippen molar-refractivity contribution in [2.24, 2.45) is 0 Å². The number of halogens is 2. The standard InChI is InChI=1S/C12H16Cl2N2O2/c1-3-9(15-4-2)5-8-6-10(13)11(14)7-12(8)16(17)18/h6-7,9,15H,3-5H2,1-2H3. The zero-order valence-corrected chi connectivity index (χ0v) is 11.9. The Kier molecular flexibility index (Phi) is 5.85. The lowest BCUT2D eigenvalue weighted by Gasteiger charge is -2.16. The van der Waals surface area contributed by atoms with E-state index in [9.17, 15) is 10.1 Å². The first-order valence-corrected chi connectivity index (χ1v) is 6.60. The van der Waals surface area contributed by atoms with Gasteiger partial charge in [-0.25, -0.2) is 0 Å². The number of rotatable bonds is 6. The van der Waals surface area contributed by atoms with Crippen LogP contribution in [0.2, 0.25) is 10.0 Å². The number of hydrogen-bond donors (Lipinski definition) is 1. The Morgan fingerprint density at radius 1 is 1.33 bits per heavy atom. The quantitative estimate of drug-likeness (QED) is 0.640. The minimum atomic E-state index is -0.420. The fraction of sp³-hybridized carbons (Fsp3) is 0.500. The van der Waals surface area contributed by atoms with Crippen LogP contribution in [0.1, 0.15) is 25.8 Å². The fourth-order valence-electron chi connectivity index (χ4n) is 1.83. The molecule has 0 aromatic heterocycles. The average molecular weight is 291 g/mol. The largest absolute Gasteiger partial charge is 0.314 e. The van der Waals surface area contributed by atoms with Crippen LogP contribution in [0.5, 0.6) is 0 Å². The molecule has 0 spiro atoms. The van der Waals surface area contributed by atoms with E-state index in [1.54, 1.807) is 6.07 Å². The topological polar surface area (TPSA) is 55.2 Å². The van der Waals surface area contributed by atoms with Gasteiger partial charge in [0.15, 0.2) is 0 Å². The molecule has 1 rings (SSSR count). The van der Waals surface area contributed by atoms with Crippen LogP contribution in [0.25, 0.3) is 0 Å². The van der Waals surface area contributed by atoms with Gasteiger partial charge in [-0.15, -0.1) is 0 Å². The van der Waals surface area contributed by atoms with E-state index in [0.717, 1.165) is 13.0 Å². The van der Waals surface area contributed by atoms with Crippen molar-refractivity contribution in [1.82, 2.24) is 5.32 Å². The molecule has 4 nitrogen and oxygen atoms in total. The van der Waals surface area contributed by atoms with Crippen molar-refractivity contribution in [2.75, 3.05) is 6.54 Å². The molecule has 0 fully saturated rings. The molecular weight excluding hydrogens is 275 g/mol. The molecule has 1 aromatic rings. The van der Waals surface area contributed by atoms with Gasteiger partial charge in [-0.1, -0.05) is 37.0 Å². The van der Waals surface area contributed by atoms with E-state index in [1.165, 1.54) is 6.07 Å². The molecule has 18 heavy (non-hydrogen) atoms. The van der Waals surface area contributed by atoms with Crippen LogP contribution in [-0.2, 0) is 6.42 Å². The van der Waals surface area contributed by atoms with E-state index in [0.29, 0.717) is 17.0 Å². The average Bonchev–Trinajstić information content (AvgIpc) is 2.32. The minimum absolute atomic E-state index is 0.0285.